The second-order valence-corrected chi connectivity index (χ2v) is 10.3. The molecule has 0 spiro atoms. The molecule has 4 rings (SSSR count). The Kier molecular flexibility index (Phi) is 6.64. The maximum absolute atomic E-state index is 13.1. The summed E-state index contributed by atoms with van der Waals surface area (Å²) < 4.78 is 29.1. The van der Waals surface area contributed by atoms with Gasteiger partial charge in [-0.25, -0.2) is 13.4 Å². The molecule has 1 N–H and O–H groups in total. The maximum atomic E-state index is 13.1. The molecular weight excluding hydrogens is 448 g/mol. The Morgan fingerprint density at radius 3 is 2.34 bits per heavy atom. The summed E-state index contributed by atoms with van der Waals surface area (Å²) in [5.41, 5.74) is 0.943. The second-order valence-electron chi connectivity index (χ2n) is 7.88. The number of carbonyl (C=O) groups is 1. The van der Waals surface area contributed by atoms with Crippen LogP contribution in [0.25, 0.3) is 0 Å². The van der Waals surface area contributed by atoms with E-state index in [9.17, 15) is 13.2 Å². The van der Waals surface area contributed by atoms with Crippen LogP contribution in [0.15, 0.2) is 71.9 Å². The number of nitrogens with zero attached hydrogens (tertiary/aromatic N) is 3. The molecule has 0 aliphatic carbocycles. The van der Waals surface area contributed by atoms with Gasteiger partial charge in [0.25, 0.3) is 0 Å². The van der Waals surface area contributed by atoms with Crippen molar-refractivity contribution in [2.45, 2.75) is 23.8 Å². The van der Waals surface area contributed by atoms with Crippen LogP contribution in [0.5, 0.6) is 0 Å². The lowest BCUT2D eigenvalue weighted by atomic mass is 9.96. The fraction of sp³-hybridized carbons (Fsp3) is 0.304. The third kappa shape index (κ3) is 4.72. The molecule has 1 amide bonds. The molecule has 0 radical (unpaired) electrons. The van der Waals surface area contributed by atoms with Crippen LogP contribution in [-0.4, -0.2) is 41.3 Å². The SMILES string of the molecule is Cn1ccnc1[C@H](NC(=O)C1CCN(S(=O)(=O)c2ccc(Cl)cc2)CC1)c1ccccc1. The number of carbonyl (C=O) groups excluding carboxylic acids is 1. The number of halogens is 1. The van der Waals surface area contributed by atoms with E-state index in [0.717, 1.165) is 11.4 Å². The van der Waals surface area contributed by atoms with Crippen molar-refractivity contribution in [2.75, 3.05) is 13.1 Å². The highest BCUT2D eigenvalue weighted by atomic mass is 35.5. The molecule has 0 saturated carbocycles. The van der Waals surface area contributed by atoms with Crippen molar-refractivity contribution in [3.05, 3.63) is 83.4 Å². The van der Waals surface area contributed by atoms with Crippen LogP contribution in [0.4, 0.5) is 0 Å². The Bertz CT molecular complexity index is 1170. The van der Waals surface area contributed by atoms with E-state index in [2.05, 4.69) is 10.3 Å². The summed E-state index contributed by atoms with van der Waals surface area (Å²) in [5.74, 6) is 0.385. The van der Waals surface area contributed by atoms with Gasteiger partial charge in [0.05, 0.1) is 4.90 Å². The van der Waals surface area contributed by atoms with E-state index in [-0.39, 0.29) is 22.8 Å². The topological polar surface area (TPSA) is 84.3 Å². The third-order valence-corrected chi connectivity index (χ3v) is 7.98. The first-order valence-corrected chi connectivity index (χ1v) is 12.3. The highest BCUT2D eigenvalue weighted by Gasteiger charge is 2.33. The zero-order valence-corrected chi connectivity index (χ0v) is 19.3. The minimum absolute atomic E-state index is 0.0922. The van der Waals surface area contributed by atoms with Crippen molar-refractivity contribution in [2.24, 2.45) is 13.0 Å². The number of piperidine rings is 1. The molecule has 32 heavy (non-hydrogen) atoms. The summed E-state index contributed by atoms with van der Waals surface area (Å²) in [5, 5.41) is 3.62. The number of aryl methyl sites for hydroxylation is 1. The molecule has 1 aliphatic heterocycles. The van der Waals surface area contributed by atoms with Gasteiger partial charge in [0.2, 0.25) is 15.9 Å². The standard InChI is InChI=1S/C23H25ClN4O3S/c1-27-16-13-25-22(27)21(17-5-3-2-4-6-17)26-23(29)18-11-14-28(15-12-18)32(30,31)20-9-7-19(24)8-10-20/h2-10,13,16,18,21H,11-12,14-15H2,1H3,(H,26,29)/t21-/m1/s1. The average molecular weight is 473 g/mol. The van der Waals surface area contributed by atoms with Crippen LogP contribution in [-0.2, 0) is 21.9 Å². The number of sulfonamides is 1. The smallest absolute Gasteiger partial charge is 0.243 e. The monoisotopic (exact) mass is 472 g/mol. The molecule has 1 atom stereocenters. The zero-order valence-electron chi connectivity index (χ0n) is 17.7. The Morgan fingerprint density at radius 1 is 1.09 bits per heavy atom. The lowest BCUT2D eigenvalue weighted by Gasteiger charge is -2.31. The van der Waals surface area contributed by atoms with Crippen LogP contribution in [0.2, 0.25) is 5.02 Å². The first kappa shape index (κ1) is 22.5. The average Bonchev–Trinajstić information content (AvgIpc) is 3.23. The summed E-state index contributed by atoms with van der Waals surface area (Å²) in [6.45, 7) is 0.586. The Morgan fingerprint density at radius 2 is 1.75 bits per heavy atom. The molecule has 1 fully saturated rings. The van der Waals surface area contributed by atoms with Crippen LogP contribution < -0.4 is 5.32 Å². The van der Waals surface area contributed by atoms with Crippen molar-refractivity contribution in [3.8, 4) is 0 Å². The molecule has 1 saturated heterocycles. The van der Waals surface area contributed by atoms with Crippen LogP contribution in [0, 0.1) is 5.92 Å². The van der Waals surface area contributed by atoms with E-state index in [4.69, 9.17) is 11.6 Å². The van der Waals surface area contributed by atoms with Crippen molar-refractivity contribution in [3.63, 3.8) is 0 Å². The van der Waals surface area contributed by atoms with Gasteiger partial charge < -0.3 is 9.88 Å². The molecule has 1 aromatic heterocycles. The largest absolute Gasteiger partial charge is 0.342 e. The lowest BCUT2D eigenvalue weighted by molar-refractivity contribution is -0.126. The first-order chi connectivity index (χ1) is 15.4. The number of hydrogen-bond acceptors (Lipinski definition) is 4. The Hall–Kier alpha value is -2.68. The maximum Gasteiger partial charge on any atom is 0.243 e. The minimum atomic E-state index is -3.61. The van der Waals surface area contributed by atoms with E-state index < -0.39 is 10.0 Å². The highest BCUT2D eigenvalue weighted by molar-refractivity contribution is 7.89. The summed E-state index contributed by atoms with van der Waals surface area (Å²) in [6.07, 6.45) is 4.47. The summed E-state index contributed by atoms with van der Waals surface area (Å²) >= 11 is 5.88. The highest BCUT2D eigenvalue weighted by Crippen LogP contribution is 2.27. The van der Waals surface area contributed by atoms with Crippen molar-refractivity contribution in [1.82, 2.24) is 19.2 Å². The lowest BCUT2D eigenvalue weighted by Crippen LogP contribution is -2.44. The molecule has 3 aromatic rings. The van der Waals surface area contributed by atoms with E-state index in [1.54, 1.807) is 18.3 Å². The Labute approximate surface area is 193 Å². The number of imidazole rings is 1. The van der Waals surface area contributed by atoms with Crippen LogP contribution in [0.3, 0.4) is 0 Å². The molecule has 1 aliphatic rings. The van der Waals surface area contributed by atoms with E-state index in [1.807, 2.05) is 48.1 Å². The van der Waals surface area contributed by atoms with E-state index in [0.29, 0.717) is 31.0 Å². The number of amides is 1. The van der Waals surface area contributed by atoms with Crippen molar-refractivity contribution < 1.29 is 13.2 Å². The molecule has 0 bridgehead atoms. The van der Waals surface area contributed by atoms with Gasteiger partial charge in [-0.05, 0) is 42.7 Å². The Balaban J connectivity index is 1.44. The first-order valence-electron chi connectivity index (χ1n) is 10.4. The molecule has 9 heteroatoms. The quantitative estimate of drug-likeness (QED) is 0.596. The normalized spacial score (nSPS) is 16.6. The number of hydrogen-bond donors (Lipinski definition) is 1. The fourth-order valence-electron chi connectivity index (χ4n) is 3.97. The zero-order chi connectivity index (χ0) is 22.7. The van der Waals surface area contributed by atoms with E-state index >= 15 is 0 Å². The molecular formula is C23H25ClN4O3S. The molecule has 2 heterocycles. The van der Waals surface area contributed by atoms with Gasteiger partial charge in [0.15, 0.2) is 0 Å². The third-order valence-electron chi connectivity index (χ3n) is 5.81. The van der Waals surface area contributed by atoms with E-state index in [1.165, 1.54) is 16.4 Å². The number of aromatic nitrogens is 2. The van der Waals surface area contributed by atoms with Gasteiger partial charge in [0, 0.05) is 43.5 Å². The molecule has 0 unspecified atom stereocenters. The second kappa shape index (κ2) is 9.44. The predicted octanol–water partition coefficient (Wildman–Crippen LogP) is 3.38. The molecule has 168 valence electrons. The summed E-state index contributed by atoms with van der Waals surface area (Å²) in [7, 11) is -1.71. The van der Waals surface area contributed by atoms with Crippen molar-refractivity contribution in [1.29, 1.82) is 0 Å². The predicted molar refractivity (Wildman–Crippen MR) is 123 cm³/mol. The van der Waals surface area contributed by atoms with Crippen LogP contribution in [0.1, 0.15) is 30.3 Å². The number of benzene rings is 2. The van der Waals surface area contributed by atoms with Crippen molar-refractivity contribution >= 4 is 27.5 Å². The fourth-order valence-corrected chi connectivity index (χ4v) is 5.57. The van der Waals surface area contributed by atoms with Gasteiger partial charge in [0.1, 0.15) is 11.9 Å². The van der Waals surface area contributed by atoms with Gasteiger partial charge in [-0.2, -0.15) is 4.31 Å². The summed E-state index contributed by atoms with van der Waals surface area (Å²) in [6, 6.07) is 15.5. The van der Waals surface area contributed by atoms with Gasteiger partial charge in [-0.15, -0.1) is 0 Å². The van der Waals surface area contributed by atoms with Gasteiger partial charge >= 0.3 is 0 Å². The van der Waals surface area contributed by atoms with Gasteiger partial charge in [-0.1, -0.05) is 41.9 Å². The van der Waals surface area contributed by atoms with Gasteiger partial charge in [-0.3, -0.25) is 4.79 Å². The number of nitrogens with one attached hydrogen (secondary N) is 1. The molecule has 7 nitrogen and oxygen atoms in total. The van der Waals surface area contributed by atoms with Crippen LogP contribution >= 0.6 is 11.6 Å². The summed E-state index contributed by atoms with van der Waals surface area (Å²) in [4.78, 5) is 17.8. The number of rotatable bonds is 6. The minimum Gasteiger partial charge on any atom is -0.342 e. The molecule has 2 aromatic carbocycles.